The van der Waals surface area contributed by atoms with E-state index in [4.69, 9.17) is 0 Å². The molecule has 1 unspecified atom stereocenters. The van der Waals surface area contributed by atoms with Gasteiger partial charge in [0.15, 0.2) is 0 Å². The van der Waals surface area contributed by atoms with Gasteiger partial charge in [0.2, 0.25) is 5.91 Å². The van der Waals surface area contributed by atoms with E-state index in [9.17, 15) is 4.79 Å². The lowest BCUT2D eigenvalue weighted by atomic mass is 10.1. The van der Waals surface area contributed by atoms with Crippen LogP contribution < -0.4 is 5.32 Å². The molecule has 1 N–H and O–H groups in total. The molecule has 0 saturated heterocycles. The molecule has 0 saturated carbocycles. The molecule has 0 spiro atoms. The lowest BCUT2D eigenvalue weighted by Crippen LogP contribution is -2.25. The van der Waals surface area contributed by atoms with E-state index in [2.05, 4.69) is 24.1 Å². The molecule has 1 heterocycles. The van der Waals surface area contributed by atoms with Crippen molar-refractivity contribution in [1.29, 1.82) is 0 Å². The molecule has 0 radical (unpaired) electrons. The Kier molecular flexibility index (Phi) is 11.8. The minimum absolute atomic E-state index is 0.0368. The van der Waals surface area contributed by atoms with Crippen LogP contribution in [0.2, 0.25) is 0 Å². The molecule has 0 aliphatic carbocycles. The van der Waals surface area contributed by atoms with Gasteiger partial charge in [-0.2, -0.15) is 0 Å². The topological polar surface area (TPSA) is 42.0 Å². The van der Waals surface area contributed by atoms with Gasteiger partial charge in [0.1, 0.15) is 0 Å². The van der Waals surface area contributed by atoms with Gasteiger partial charge in [0.25, 0.3) is 0 Å². The van der Waals surface area contributed by atoms with Crippen molar-refractivity contribution in [1.82, 2.24) is 4.98 Å². The maximum atomic E-state index is 13.1. The van der Waals surface area contributed by atoms with Crippen LogP contribution in [0.25, 0.3) is 10.9 Å². The molecule has 29 heavy (non-hydrogen) atoms. The van der Waals surface area contributed by atoms with Gasteiger partial charge >= 0.3 is 0 Å². The molecule has 1 amide bonds. The van der Waals surface area contributed by atoms with Gasteiger partial charge in [0, 0.05) is 11.6 Å². The van der Waals surface area contributed by atoms with Gasteiger partial charge in [-0.1, -0.05) is 77.7 Å². The summed E-state index contributed by atoms with van der Waals surface area (Å²) in [7, 11) is 0. The summed E-state index contributed by atoms with van der Waals surface area (Å²) in [5.41, 5.74) is 1.80. The fourth-order valence-electron chi connectivity index (χ4n) is 3.58. The lowest BCUT2D eigenvalue weighted by Gasteiger charge is -2.17. The Balaban J connectivity index is 1.92. The van der Waals surface area contributed by atoms with Crippen LogP contribution in [0.15, 0.2) is 36.5 Å². The highest BCUT2D eigenvalue weighted by Gasteiger charge is 2.19. The van der Waals surface area contributed by atoms with Crippen LogP contribution in [0.3, 0.4) is 0 Å². The molecular formula is C25H38N2OS. The molecule has 4 heteroatoms. The van der Waals surface area contributed by atoms with Crippen molar-refractivity contribution in [2.45, 2.75) is 89.7 Å². The predicted molar refractivity (Wildman–Crippen MR) is 129 cm³/mol. The Bertz CT molecular complexity index is 714. The number of carbonyl (C=O) groups excluding carboxylic acids is 1. The Morgan fingerprint density at radius 2 is 1.66 bits per heavy atom. The molecule has 1 aromatic carbocycles. The summed E-state index contributed by atoms with van der Waals surface area (Å²) in [6, 6.07) is 9.88. The van der Waals surface area contributed by atoms with Gasteiger partial charge in [-0.15, -0.1) is 11.8 Å². The van der Waals surface area contributed by atoms with E-state index in [-0.39, 0.29) is 11.2 Å². The standard InChI is InChI=1S/C25H38N2OS/c1-3-5-7-9-10-11-18-24(29-20-12-8-6-4-2)25(28)27-23-17-13-16-22-21(23)15-14-19-26-22/h13-17,19,24H,3-12,18,20H2,1-2H3,(H,27,28). The number of benzene rings is 1. The van der Waals surface area contributed by atoms with E-state index in [1.165, 1.54) is 57.8 Å². The van der Waals surface area contributed by atoms with E-state index < -0.39 is 0 Å². The van der Waals surface area contributed by atoms with Crippen molar-refractivity contribution in [3.8, 4) is 0 Å². The molecule has 0 aliphatic heterocycles. The number of carbonyl (C=O) groups is 1. The fourth-order valence-corrected chi connectivity index (χ4v) is 4.78. The maximum Gasteiger partial charge on any atom is 0.237 e. The summed E-state index contributed by atoms with van der Waals surface area (Å²) in [4.78, 5) is 17.5. The van der Waals surface area contributed by atoms with Gasteiger partial charge in [-0.25, -0.2) is 0 Å². The molecule has 0 fully saturated rings. The first-order chi connectivity index (χ1) is 14.3. The number of thioether (sulfide) groups is 1. The summed E-state index contributed by atoms with van der Waals surface area (Å²) in [6.45, 7) is 4.49. The number of pyridine rings is 1. The van der Waals surface area contributed by atoms with Crippen LogP contribution in [0, 0.1) is 0 Å². The first kappa shape index (κ1) is 23.7. The third kappa shape index (κ3) is 8.77. The molecular weight excluding hydrogens is 376 g/mol. The average Bonchev–Trinajstić information content (AvgIpc) is 2.74. The van der Waals surface area contributed by atoms with E-state index in [1.807, 2.05) is 42.1 Å². The van der Waals surface area contributed by atoms with Crippen molar-refractivity contribution in [2.24, 2.45) is 0 Å². The van der Waals surface area contributed by atoms with Crippen LogP contribution in [0.5, 0.6) is 0 Å². The van der Waals surface area contributed by atoms with E-state index in [0.29, 0.717) is 0 Å². The zero-order valence-electron chi connectivity index (χ0n) is 18.3. The monoisotopic (exact) mass is 414 g/mol. The number of nitrogens with one attached hydrogen (secondary N) is 1. The van der Waals surface area contributed by atoms with Crippen molar-refractivity contribution >= 4 is 34.3 Å². The largest absolute Gasteiger partial charge is 0.324 e. The second-order valence-corrected chi connectivity index (χ2v) is 9.15. The number of unbranched alkanes of at least 4 members (excludes halogenated alkanes) is 8. The number of nitrogens with zero attached hydrogens (tertiary/aromatic N) is 1. The average molecular weight is 415 g/mol. The number of rotatable bonds is 15. The van der Waals surface area contributed by atoms with Crippen molar-refractivity contribution in [3.05, 3.63) is 36.5 Å². The van der Waals surface area contributed by atoms with Crippen LogP contribution in [-0.2, 0) is 4.79 Å². The minimum Gasteiger partial charge on any atom is -0.324 e. The number of amides is 1. The molecule has 2 aromatic rings. The zero-order chi connectivity index (χ0) is 20.7. The highest BCUT2D eigenvalue weighted by atomic mass is 32.2. The minimum atomic E-state index is 0.0368. The quantitative estimate of drug-likeness (QED) is 0.305. The van der Waals surface area contributed by atoms with E-state index >= 15 is 0 Å². The zero-order valence-corrected chi connectivity index (χ0v) is 19.1. The fraction of sp³-hybridized carbons (Fsp3) is 0.600. The Morgan fingerprint density at radius 1 is 0.931 bits per heavy atom. The highest BCUT2D eigenvalue weighted by molar-refractivity contribution is 8.00. The second kappa shape index (κ2) is 14.4. The summed E-state index contributed by atoms with van der Waals surface area (Å²) >= 11 is 1.85. The molecule has 0 bridgehead atoms. The first-order valence-corrected chi connectivity index (χ1v) is 12.6. The highest BCUT2D eigenvalue weighted by Crippen LogP contribution is 2.25. The van der Waals surface area contributed by atoms with Crippen LogP contribution in [0.1, 0.15) is 84.5 Å². The van der Waals surface area contributed by atoms with Gasteiger partial charge in [-0.3, -0.25) is 9.78 Å². The molecule has 2 rings (SSSR count). The van der Waals surface area contributed by atoms with Crippen molar-refractivity contribution < 1.29 is 4.79 Å². The number of aromatic nitrogens is 1. The molecule has 1 atom stereocenters. The number of anilines is 1. The molecule has 3 nitrogen and oxygen atoms in total. The predicted octanol–water partition coefficient (Wildman–Crippen LogP) is 7.61. The maximum absolute atomic E-state index is 13.1. The van der Waals surface area contributed by atoms with Crippen LogP contribution in [0.4, 0.5) is 5.69 Å². The van der Waals surface area contributed by atoms with Gasteiger partial charge in [0.05, 0.1) is 16.5 Å². The molecule has 1 aromatic heterocycles. The summed E-state index contributed by atoms with van der Waals surface area (Å²) in [5.74, 6) is 1.22. The number of fused-ring (bicyclic) bond motifs is 1. The van der Waals surface area contributed by atoms with Gasteiger partial charge < -0.3 is 5.32 Å². The van der Waals surface area contributed by atoms with Crippen molar-refractivity contribution in [2.75, 3.05) is 11.1 Å². The Hall–Kier alpha value is -1.55. The summed E-state index contributed by atoms with van der Waals surface area (Å²) in [6.07, 6.45) is 15.4. The third-order valence-corrected chi connectivity index (χ3v) is 6.71. The number of hydrogen-bond acceptors (Lipinski definition) is 3. The molecule has 160 valence electrons. The molecule has 0 aliphatic rings. The third-order valence-electron chi connectivity index (χ3n) is 5.33. The van der Waals surface area contributed by atoms with E-state index in [1.54, 1.807) is 6.20 Å². The number of hydrogen-bond donors (Lipinski definition) is 1. The lowest BCUT2D eigenvalue weighted by molar-refractivity contribution is -0.115. The van der Waals surface area contributed by atoms with Crippen molar-refractivity contribution in [3.63, 3.8) is 0 Å². The Morgan fingerprint density at radius 3 is 2.45 bits per heavy atom. The first-order valence-electron chi connectivity index (χ1n) is 11.5. The normalized spacial score (nSPS) is 12.2. The smallest absolute Gasteiger partial charge is 0.237 e. The SMILES string of the molecule is CCCCCCCCC(SCCCCCC)C(=O)Nc1cccc2ncccc12. The summed E-state index contributed by atoms with van der Waals surface area (Å²) in [5, 5.41) is 4.24. The van der Waals surface area contributed by atoms with Crippen LogP contribution in [-0.4, -0.2) is 21.9 Å². The van der Waals surface area contributed by atoms with E-state index in [0.717, 1.165) is 35.2 Å². The Labute approximate surface area is 181 Å². The van der Waals surface area contributed by atoms with Gasteiger partial charge in [-0.05, 0) is 42.9 Å². The second-order valence-electron chi connectivity index (χ2n) is 7.84. The van der Waals surface area contributed by atoms with Crippen LogP contribution >= 0.6 is 11.8 Å². The summed E-state index contributed by atoms with van der Waals surface area (Å²) < 4.78 is 0.